The summed E-state index contributed by atoms with van der Waals surface area (Å²) in [5, 5.41) is 8.78. The van der Waals surface area contributed by atoms with Gasteiger partial charge in [0.2, 0.25) is 0 Å². The van der Waals surface area contributed by atoms with Gasteiger partial charge in [-0.05, 0) is 50.4 Å². The average Bonchev–Trinajstić information content (AvgIpc) is 3.46. The highest BCUT2D eigenvalue weighted by Gasteiger charge is 2.48. The van der Waals surface area contributed by atoms with E-state index in [4.69, 9.17) is 9.84 Å². The van der Waals surface area contributed by atoms with Gasteiger partial charge in [-0.15, -0.1) is 0 Å². The zero-order valence-electron chi connectivity index (χ0n) is 18.3. The van der Waals surface area contributed by atoms with E-state index in [0.717, 1.165) is 25.3 Å². The number of aryl methyl sites for hydroxylation is 1. The molecule has 4 atom stereocenters. The largest absolute Gasteiger partial charge is 0.481 e. The second-order valence-corrected chi connectivity index (χ2v) is 9.72. The quantitative estimate of drug-likeness (QED) is 0.493. The summed E-state index contributed by atoms with van der Waals surface area (Å²) >= 11 is 0. The Balaban J connectivity index is 1.24. The number of aliphatic carboxylic acids is 1. The summed E-state index contributed by atoms with van der Waals surface area (Å²) < 4.78 is 8.53. The van der Waals surface area contributed by atoms with E-state index in [2.05, 4.69) is 21.8 Å². The van der Waals surface area contributed by atoms with Crippen LogP contribution in [0.3, 0.4) is 0 Å². The smallest absolute Gasteiger partial charge is 0.303 e. The van der Waals surface area contributed by atoms with E-state index in [-0.39, 0.29) is 6.42 Å². The fourth-order valence-corrected chi connectivity index (χ4v) is 5.95. The Morgan fingerprint density at radius 2 is 1.93 bits per heavy atom. The molecule has 166 valence electrons. The van der Waals surface area contributed by atoms with Crippen LogP contribution in [-0.2, 0) is 22.5 Å². The number of hydrogen-bond acceptors (Lipinski definition) is 3. The van der Waals surface area contributed by atoms with Gasteiger partial charge in [0.25, 0.3) is 0 Å². The molecule has 2 aliphatic heterocycles. The predicted molar refractivity (Wildman–Crippen MR) is 117 cm³/mol. The molecule has 30 heavy (non-hydrogen) atoms. The zero-order valence-corrected chi connectivity index (χ0v) is 18.3. The van der Waals surface area contributed by atoms with Gasteiger partial charge in [-0.3, -0.25) is 4.79 Å². The number of ether oxygens (including phenoxy) is 1. The Bertz CT molecular complexity index is 707. The Labute approximate surface area is 180 Å². The maximum atomic E-state index is 10.7. The molecule has 5 nitrogen and oxygen atoms in total. The van der Waals surface area contributed by atoms with Gasteiger partial charge >= 0.3 is 5.97 Å². The van der Waals surface area contributed by atoms with Crippen molar-refractivity contribution < 1.29 is 14.6 Å². The van der Waals surface area contributed by atoms with Gasteiger partial charge < -0.3 is 14.4 Å². The van der Waals surface area contributed by atoms with E-state index in [1.807, 2.05) is 12.4 Å². The van der Waals surface area contributed by atoms with Crippen molar-refractivity contribution in [3.05, 3.63) is 30.4 Å². The maximum Gasteiger partial charge on any atom is 0.303 e. The zero-order chi connectivity index (χ0) is 20.8. The summed E-state index contributed by atoms with van der Waals surface area (Å²) in [6.07, 6.45) is 24.3. The van der Waals surface area contributed by atoms with Gasteiger partial charge in [-0.25, -0.2) is 4.98 Å². The number of hydrogen-bond donors (Lipinski definition) is 1. The highest BCUT2D eigenvalue weighted by atomic mass is 16.5. The summed E-state index contributed by atoms with van der Waals surface area (Å²) in [5.74, 6) is 1.31. The summed E-state index contributed by atoms with van der Waals surface area (Å²) in [7, 11) is 0. The molecule has 1 aromatic heterocycles. The molecule has 1 aliphatic carbocycles. The molecule has 0 spiro atoms. The molecule has 1 N–H and O–H groups in total. The SMILES string of the molecule is O=C(O)CC/C=C\C[C@H]1[C@@H](Cn2cnc(CCCC3CCCCC3)c2)[C@@H]2CC[C@H]1O2. The minimum absolute atomic E-state index is 0.214. The van der Waals surface area contributed by atoms with Crippen LogP contribution in [0.15, 0.2) is 24.7 Å². The van der Waals surface area contributed by atoms with Crippen molar-refractivity contribution in [2.45, 2.75) is 102 Å². The van der Waals surface area contributed by atoms with Gasteiger partial charge in [0.1, 0.15) is 0 Å². The molecule has 0 aromatic carbocycles. The molecule has 1 aromatic rings. The summed E-state index contributed by atoms with van der Waals surface area (Å²) in [5.41, 5.74) is 1.24. The van der Waals surface area contributed by atoms with Crippen molar-refractivity contribution in [1.29, 1.82) is 0 Å². The number of nitrogens with zero attached hydrogens (tertiary/aromatic N) is 2. The summed E-state index contributed by atoms with van der Waals surface area (Å²) in [6, 6.07) is 0. The van der Waals surface area contributed by atoms with Crippen LogP contribution < -0.4 is 0 Å². The molecule has 4 rings (SSSR count). The number of aromatic nitrogens is 2. The Hall–Kier alpha value is -1.62. The van der Waals surface area contributed by atoms with Crippen LogP contribution >= 0.6 is 0 Å². The first-order valence-electron chi connectivity index (χ1n) is 12.2. The molecule has 2 bridgehead atoms. The van der Waals surface area contributed by atoms with E-state index in [1.165, 1.54) is 63.5 Å². The Morgan fingerprint density at radius 1 is 1.13 bits per heavy atom. The Morgan fingerprint density at radius 3 is 2.73 bits per heavy atom. The standard InChI is InChI=1S/C25H38N2O3/c28-25(29)13-6-2-5-12-21-22(24-15-14-23(21)30-24)17-27-16-20(26-18-27)11-7-10-19-8-3-1-4-9-19/h2,5,16,18-19,21-24H,1,3-4,6-15,17H2,(H,28,29)/b5-2-/t21-,22+,23+,24-/m0/s1. The Kier molecular flexibility index (Phi) is 7.64. The lowest BCUT2D eigenvalue weighted by Gasteiger charge is -2.27. The molecule has 2 saturated heterocycles. The third-order valence-corrected chi connectivity index (χ3v) is 7.57. The molecular weight excluding hydrogens is 376 g/mol. The summed E-state index contributed by atoms with van der Waals surface area (Å²) in [4.78, 5) is 15.3. The van der Waals surface area contributed by atoms with Crippen LogP contribution in [0, 0.1) is 17.8 Å². The van der Waals surface area contributed by atoms with Crippen molar-refractivity contribution in [3.63, 3.8) is 0 Å². The lowest BCUT2D eigenvalue weighted by atomic mass is 9.77. The molecule has 3 fully saturated rings. The van der Waals surface area contributed by atoms with Crippen molar-refractivity contribution in [2.75, 3.05) is 0 Å². The van der Waals surface area contributed by atoms with Crippen LogP contribution in [0.2, 0.25) is 0 Å². The van der Waals surface area contributed by atoms with Crippen LogP contribution in [-0.4, -0.2) is 32.8 Å². The number of allylic oxidation sites excluding steroid dienone is 2. The number of carboxylic acids is 1. The molecule has 1 saturated carbocycles. The minimum Gasteiger partial charge on any atom is -0.481 e. The molecular formula is C25H38N2O3. The highest BCUT2D eigenvalue weighted by molar-refractivity contribution is 5.66. The molecule has 0 unspecified atom stereocenters. The predicted octanol–water partition coefficient (Wildman–Crippen LogP) is 5.39. The molecule has 3 aliphatic rings. The van der Waals surface area contributed by atoms with Crippen molar-refractivity contribution >= 4 is 5.97 Å². The first kappa shape index (κ1) is 21.6. The van der Waals surface area contributed by atoms with E-state index >= 15 is 0 Å². The first-order chi connectivity index (χ1) is 14.7. The average molecular weight is 415 g/mol. The second kappa shape index (κ2) is 10.6. The van der Waals surface area contributed by atoms with E-state index in [1.54, 1.807) is 0 Å². The lowest BCUT2D eigenvalue weighted by Crippen LogP contribution is -2.30. The van der Waals surface area contributed by atoms with Crippen LogP contribution in [0.1, 0.15) is 82.7 Å². The fraction of sp³-hybridized carbons (Fsp3) is 0.760. The van der Waals surface area contributed by atoms with Gasteiger partial charge in [-0.2, -0.15) is 0 Å². The molecule has 0 radical (unpaired) electrons. The number of fused-ring (bicyclic) bond motifs is 2. The topological polar surface area (TPSA) is 64.3 Å². The fourth-order valence-electron chi connectivity index (χ4n) is 5.95. The van der Waals surface area contributed by atoms with Gasteiger partial charge in [-0.1, -0.05) is 50.7 Å². The summed E-state index contributed by atoms with van der Waals surface area (Å²) in [6.45, 7) is 0.991. The lowest BCUT2D eigenvalue weighted by molar-refractivity contribution is -0.136. The normalized spacial score (nSPS) is 29.2. The number of imidazole rings is 1. The van der Waals surface area contributed by atoms with Gasteiger partial charge in [0.05, 0.1) is 24.2 Å². The molecule has 0 amide bonds. The van der Waals surface area contributed by atoms with Crippen molar-refractivity contribution in [2.24, 2.45) is 17.8 Å². The monoisotopic (exact) mass is 414 g/mol. The number of carboxylic acid groups (broad SMARTS) is 1. The second-order valence-electron chi connectivity index (χ2n) is 9.72. The third kappa shape index (κ3) is 5.75. The van der Waals surface area contributed by atoms with Crippen LogP contribution in [0.25, 0.3) is 0 Å². The number of rotatable bonds is 11. The minimum atomic E-state index is -0.726. The van der Waals surface area contributed by atoms with E-state index in [9.17, 15) is 4.79 Å². The number of carbonyl (C=O) groups is 1. The maximum absolute atomic E-state index is 10.7. The third-order valence-electron chi connectivity index (χ3n) is 7.57. The van der Waals surface area contributed by atoms with Crippen molar-refractivity contribution in [3.8, 4) is 0 Å². The van der Waals surface area contributed by atoms with Gasteiger partial charge in [0, 0.05) is 25.1 Å². The first-order valence-corrected chi connectivity index (χ1v) is 12.2. The van der Waals surface area contributed by atoms with Crippen LogP contribution in [0.5, 0.6) is 0 Å². The van der Waals surface area contributed by atoms with E-state index < -0.39 is 5.97 Å². The highest BCUT2D eigenvalue weighted by Crippen LogP contribution is 2.45. The van der Waals surface area contributed by atoms with E-state index in [0.29, 0.717) is 30.5 Å². The molecule has 3 heterocycles. The molecule has 5 heteroatoms. The van der Waals surface area contributed by atoms with Crippen molar-refractivity contribution in [1.82, 2.24) is 9.55 Å². The van der Waals surface area contributed by atoms with Gasteiger partial charge in [0.15, 0.2) is 0 Å². The van der Waals surface area contributed by atoms with Crippen LogP contribution in [0.4, 0.5) is 0 Å².